The largest absolute Gasteiger partial charge is 0.332 e. The molecule has 0 N–H and O–H groups in total. The zero-order valence-electron chi connectivity index (χ0n) is 11.9. The summed E-state index contributed by atoms with van der Waals surface area (Å²) in [5, 5.41) is 4.34. The number of benzene rings is 1. The van der Waals surface area contributed by atoms with Crippen molar-refractivity contribution in [1.82, 2.24) is 14.7 Å². The van der Waals surface area contributed by atoms with E-state index in [1.165, 1.54) is 6.07 Å². The fraction of sp³-hybridized carbons (Fsp3) is 0.333. The van der Waals surface area contributed by atoms with Crippen LogP contribution in [-0.4, -0.2) is 27.1 Å². The summed E-state index contributed by atoms with van der Waals surface area (Å²) in [4.78, 5) is 14.0. The Bertz CT molecular complexity index is 724. The number of carbonyl (C=O) groups is 1. The molecule has 0 saturated heterocycles. The van der Waals surface area contributed by atoms with Crippen molar-refractivity contribution in [2.24, 2.45) is 7.05 Å². The highest BCUT2D eigenvalue weighted by Gasteiger charge is 2.27. The number of nitrogens with zero attached hydrogens (tertiary/aromatic N) is 3. The molecule has 4 nitrogen and oxygen atoms in total. The fourth-order valence-corrected chi connectivity index (χ4v) is 2.79. The van der Waals surface area contributed by atoms with Gasteiger partial charge in [0.15, 0.2) is 0 Å². The van der Waals surface area contributed by atoms with E-state index in [9.17, 15) is 13.6 Å². The average molecular weight is 291 g/mol. The Balaban J connectivity index is 1.89. The first-order chi connectivity index (χ1) is 9.97. The van der Waals surface area contributed by atoms with Gasteiger partial charge in [-0.15, -0.1) is 0 Å². The summed E-state index contributed by atoms with van der Waals surface area (Å²) >= 11 is 0. The van der Waals surface area contributed by atoms with E-state index < -0.39 is 17.5 Å². The van der Waals surface area contributed by atoms with E-state index in [-0.39, 0.29) is 5.56 Å². The van der Waals surface area contributed by atoms with E-state index in [1.54, 1.807) is 9.58 Å². The standard InChI is InChI=1S/C15H15F2N3O/c1-9-11-5-6-20(8-14(11)19(2)18-9)15(21)12-4-3-10(16)7-13(12)17/h3-4,7H,5-6,8H2,1-2H3. The molecule has 6 heteroatoms. The molecule has 1 aromatic heterocycles. The van der Waals surface area contributed by atoms with Gasteiger partial charge in [0, 0.05) is 19.7 Å². The van der Waals surface area contributed by atoms with Gasteiger partial charge >= 0.3 is 0 Å². The number of aromatic nitrogens is 2. The molecule has 0 radical (unpaired) electrons. The van der Waals surface area contributed by atoms with Crippen molar-refractivity contribution in [2.75, 3.05) is 6.54 Å². The van der Waals surface area contributed by atoms with E-state index in [0.29, 0.717) is 19.5 Å². The molecule has 0 atom stereocenters. The van der Waals surface area contributed by atoms with Crippen molar-refractivity contribution in [3.63, 3.8) is 0 Å². The van der Waals surface area contributed by atoms with Crippen molar-refractivity contribution < 1.29 is 13.6 Å². The first-order valence-corrected chi connectivity index (χ1v) is 6.73. The third kappa shape index (κ3) is 2.30. The van der Waals surface area contributed by atoms with Crippen LogP contribution in [0.3, 0.4) is 0 Å². The Kier molecular flexibility index (Phi) is 3.23. The van der Waals surface area contributed by atoms with Crippen LogP contribution in [0.5, 0.6) is 0 Å². The summed E-state index contributed by atoms with van der Waals surface area (Å²) in [5.74, 6) is -1.93. The van der Waals surface area contributed by atoms with Gasteiger partial charge in [0.25, 0.3) is 5.91 Å². The van der Waals surface area contributed by atoms with Gasteiger partial charge in [-0.1, -0.05) is 0 Å². The minimum Gasteiger partial charge on any atom is -0.332 e. The molecular formula is C15H15F2N3O. The molecule has 110 valence electrons. The number of halogens is 2. The molecule has 1 amide bonds. The maximum Gasteiger partial charge on any atom is 0.257 e. The quantitative estimate of drug-likeness (QED) is 0.808. The van der Waals surface area contributed by atoms with Crippen LogP contribution in [0.4, 0.5) is 8.78 Å². The maximum absolute atomic E-state index is 13.7. The average Bonchev–Trinajstić information content (AvgIpc) is 2.73. The molecule has 0 unspecified atom stereocenters. The number of hydrogen-bond acceptors (Lipinski definition) is 2. The topological polar surface area (TPSA) is 38.1 Å². The van der Waals surface area contributed by atoms with Crippen LogP contribution in [0.2, 0.25) is 0 Å². The van der Waals surface area contributed by atoms with Crippen molar-refractivity contribution >= 4 is 5.91 Å². The third-order valence-electron chi connectivity index (χ3n) is 3.90. The third-order valence-corrected chi connectivity index (χ3v) is 3.90. The molecule has 2 heterocycles. The van der Waals surface area contributed by atoms with Crippen LogP contribution in [0.1, 0.15) is 27.3 Å². The van der Waals surface area contributed by atoms with Crippen LogP contribution >= 0.6 is 0 Å². The summed E-state index contributed by atoms with van der Waals surface area (Å²) in [6.07, 6.45) is 0.698. The number of hydrogen-bond donors (Lipinski definition) is 0. The normalized spacial score (nSPS) is 14.2. The summed E-state index contributed by atoms with van der Waals surface area (Å²) in [7, 11) is 1.83. The predicted molar refractivity (Wildman–Crippen MR) is 72.7 cm³/mol. The first-order valence-electron chi connectivity index (χ1n) is 6.73. The van der Waals surface area contributed by atoms with E-state index in [2.05, 4.69) is 5.10 Å². The lowest BCUT2D eigenvalue weighted by Crippen LogP contribution is -2.37. The lowest BCUT2D eigenvalue weighted by Gasteiger charge is -2.27. The molecule has 3 rings (SSSR count). The maximum atomic E-state index is 13.7. The van der Waals surface area contributed by atoms with Crippen molar-refractivity contribution in [2.45, 2.75) is 19.9 Å². The minimum atomic E-state index is -0.827. The van der Waals surface area contributed by atoms with Gasteiger partial charge in [0.1, 0.15) is 11.6 Å². The highest BCUT2D eigenvalue weighted by molar-refractivity contribution is 5.94. The number of amides is 1. The molecule has 1 aromatic carbocycles. The molecule has 0 bridgehead atoms. The molecular weight excluding hydrogens is 276 g/mol. The Hall–Kier alpha value is -2.24. The monoisotopic (exact) mass is 291 g/mol. The summed E-state index contributed by atoms with van der Waals surface area (Å²) in [5.41, 5.74) is 2.99. The van der Waals surface area contributed by atoms with Crippen molar-refractivity contribution in [3.8, 4) is 0 Å². The molecule has 0 fully saturated rings. The smallest absolute Gasteiger partial charge is 0.257 e. The van der Waals surface area contributed by atoms with Gasteiger partial charge < -0.3 is 4.90 Å². The second-order valence-corrected chi connectivity index (χ2v) is 5.24. The van der Waals surface area contributed by atoms with Gasteiger partial charge in [-0.3, -0.25) is 9.48 Å². The van der Waals surface area contributed by atoms with Crippen LogP contribution < -0.4 is 0 Å². The Morgan fingerprint density at radius 2 is 2.10 bits per heavy atom. The Morgan fingerprint density at radius 1 is 1.33 bits per heavy atom. The summed E-state index contributed by atoms with van der Waals surface area (Å²) in [6.45, 7) is 2.84. The second kappa shape index (κ2) is 4.95. The molecule has 0 spiro atoms. The molecule has 1 aliphatic heterocycles. The van der Waals surface area contributed by atoms with Crippen LogP contribution in [-0.2, 0) is 20.0 Å². The first kappa shape index (κ1) is 13.7. The van der Waals surface area contributed by atoms with Crippen LogP contribution in [0.25, 0.3) is 0 Å². The van der Waals surface area contributed by atoms with E-state index in [0.717, 1.165) is 29.1 Å². The molecule has 0 aliphatic carbocycles. The zero-order chi connectivity index (χ0) is 15.1. The molecule has 0 saturated carbocycles. The number of carbonyl (C=O) groups excluding carboxylic acids is 1. The van der Waals surface area contributed by atoms with E-state index in [4.69, 9.17) is 0 Å². The number of fused-ring (bicyclic) bond motifs is 1. The Morgan fingerprint density at radius 3 is 2.81 bits per heavy atom. The van der Waals surface area contributed by atoms with Gasteiger partial charge in [-0.2, -0.15) is 5.10 Å². The number of aryl methyl sites for hydroxylation is 2. The number of rotatable bonds is 1. The minimum absolute atomic E-state index is 0.0984. The van der Waals surface area contributed by atoms with Gasteiger partial charge in [-0.25, -0.2) is 8.78 Å². The molecule has 1 aliphatic rings. The Labute approximate surface area is 121 Å². The van der Waals surface area contributed by atoms with E-state index >= 15 is 0 Å². The zero-order valence-corrected chi connectivity index (χ0v) is 11.9. The summed E-state index contributed by atoms with van der Waals surface area (Å²) in [6, 6.07) is 3.02. The molecule has 21 heavy (non-hydrogen) atoms. The van der Waals surface area contributed by atoms with Gasteiger partial charge in [0.05, 0.1) is 23.5 Å². The predicted octanol–water partition coefficient (Wildman–Crippen LogP) is 2.21. The fourth-order valence-electron chi connectivity index (χ4n) is 2.79. The van der Waals surface area contributed by atoms with Gasteiger partial charge in [0.2, 0.25) is 0 Å². The van der Waals surface area contributed by atoms with Crippen molar-refractivity contribution in [1.29, 1.82) is 0 Å². The SMILES string of the molecule is Cc1nn(C)c2c1CCN(C(=O)c1ccc(F)cc1F)C2. The van der Waals surface area contributed by atoms with Gasteiger partial charge in [-0.05, 0) is 31.0 Å². The van der Waals surface area contributed by atoms with Crippen LogP contribution in [0.15, 0.2) is 18.2 Å². The lowest BCUT2D eigenvalue weighted by atomic mass is 10.0. The van der Waals surface area contributed by atoms with E-state index in [1.807, 2.05) is 14.0 Å². The van der Waals surface area contributed by atoms with Crippen molar-refractivity contribution in [3.05, 3.63) is 52.3 Å². The van der Waals surface area contributed by atoms with Crippen LogP contribution in [0, 0.1) is 18.6 Å². The highest BCUT2D eigenvalue weighted by atomic mass is 19.1. The molecule has 2 aromatic rings. The highest BCUT2D eigenvalue weighted by Crippen LogP contribution is 2.23. The lowest BCUT2D eigenvalue weighted by molar-refractivity contribution is 0.0725. The summed E-state index contributed by atoms with van der Waals surface area (Å²) < 4.78 is 28.4. The second-order valence-electron chi connectivity index (χ2n) is 5.24.